The van der Waals surface area contributed by atoms with E-state index in [9.17, 15) is 5.11 Å². The minimum absolute atomic E-state index is 0.342. The van der Waals surface area contributed by atoms with E-state index >= 15 is 0 Å². The van der Waals surface area contributed by atoms with Crippen molar-refractivity contribution in [2.75, 3.05) is 0 Å². The number of hydrogen-bond acceptors (Lipinski definition) is 2. The molecule has 0 aromatic heterocycles. The van der Waals surface area contributed by atoms with E-state index < -0.39 is 5.41 Å². The summed E-state index contributed by atoms with van der Waals surface area (Å²) in [6.07, 6.45) is 10.8. The van der Waals surface area contributed by atoms with Gasteiger partial charge in [-0.3, -0.25) is 4.99 Å². The van der Waals surface area contributed by atoms with Gasteiger partial charge in [-0.15, -0.1) is 0 Å². The Hall–Kier alpha value is -2.87. The molecule has 0 unspecified atom stereocenters. The number of phenolic OH excluding ortho intramolecular Hbond substituents is 1. The molecule has 0 atom stereocenters. The van der Waals surface area contributed by atoms with Gasteiger partial charge >= 0.3 is 0 Å². The highest BCUT2D eigenvalue weighted by molar-refractivity contribution is 5.87. The van der Waals surface area contributed by atoms with Crippen LogP contribution in [0.25, 0.3) is 0 Å². The van der Waals surface area contributed by atoms with Crippen LogP contribution in [-0.2, 0) is 5.41 Å². The van der Waals surface area contributed by atoms with Crippen molar-refractivity contribution in [3.05, 3.63) is 101 Å². The second-order valence-corrected chi connectivity index (χ2v) is 9.33. The molecular formula is C30H35NO. The third kappa shape index (κ3) is 4.65. The molecule has 0 aliphatic heterocycles. The number of aliphatic imine (C=N–C) groups is 1. The molecule has 2 heteroatoms. The van der Waals surface area contributed by atoms with Crippen LogP contribution >= 0.6 is 0 Å². The lowest BCUT2D eigenvalue weighted by molar-refractivity contribution is 0.452. The van der Waals surface area contributed by atoms with E-state index in [1.165, 1.54) is 32.1 Å². The molecule has 1 aliphatic carbocycles. The van der Waals surface area contributed by atoms with Gasteiger partial charge in [-0.25, -0.2) is 0 Å². The van der Waals surface area contributed by atoms with E-state index in [0.717, 1.165) is 40.7 Å². The van der Waals surface area contributed by atoms with Crippen LogP contribution in [0.1, 0.15) is 79.7 Å². The lowest BCUT2D eigenvalue weighted by atomic mass is 9.70. The predicted molar refractivity (Wildman–Crippen MR) is 135 cm³/mol. The van der Waals surface area contributed by atoms with Crippen LogP contribution in [0.4, 0.5) is 0 Å². The molecule has 1 fully saturated rings. The molecule has 0 radical (unpaired) electrons. The molecule has 0 spiro atoms. The van der Waals surface area contributed by atoms with Gasteiger partial charge in [-0.2, -0.15) is 0 Å². The number of hydrogen-bond donors (Lipinski definition) is 1. The summed E-state index contributed by atoms with van der Waals surface area (Å²) in [5.74, 6) is 0.342. The highest BCUT2D eigenvalue weighted by atomic mass is 16.3. The van der Waals surface area contributed by atoms with Crippen LogP contribution in [0.2, 0.25) is 0 Å². The molecule has 3 aromatic carbocycles. The Morgan fingerprint density at radius 1 is 0.781 bits per heavy atom. The van der Waals surface area contributed by atoms with Crippen LogP contribution in [0.3, 0.4) is 0 Å². The van der Waals surface area contributed by atoms with Crippen molar-refractivity contribution >= 4 is 6.21 Å². The van der Waals surface area contributed by atoms with Crippen LogP contribution in [-0.4, -0.2) is 17.4 Å². The number of benzene rings is 3. The van der Waals surface area contributed by atoms with E-state index in [2.05, 4.69) is 74.5 Å². The van der Waals surface area contributed by atoms with E-state index in [4.69, 9.17) is 4.99 Å². The van der Waals surface area contributed by atoms with Crippen molar-refractivity contribution in [3.63, 3.8) is 0 Å². The third-order valence-corrected chi connectivity index (χ3v) is 7.17. The summed E-state index contributed by atoms with van der Waals surface area (Å²) in [6, 6.07) is 25.5. The van der Waals surface area contributed by atoms with E-state index in [1.807, 2.05) is 18.3 Å². The van der Waals surface area contributed by atoms with Crippen LogP contribution in [0, 0.1) is 6.92 Å². The van der Waals surface area contributed by atoms with Gasteiger partial charge in [0.2, 0.25) is 0 Å². The smallest absolute Gasteiger partial charge is 0.129 e. The summed E-state index contributed by atoms with van der Waals surface area (Å²) >= 11 is 0. The maximum Gasteiger partial charge on any atom is 0.129 e. The molecule has 0 bridgehead atoms. The SMILES string of the molecule is Cc1ccc(C(C)(c2ccccc2)c2ccccc2)c(O)c1C=NC1CCCCCCC1. The van der Waals surface area contributed by atoms with Crippen LogP contribution < -0.4 is 0 Å². The molecule has 1 saturated carbocycles. The number of aromatic hydroxyl groups is 1. The minimum Gasteiger partial charge on any atom is -0.507 e. The zero-order chi connectivity index (χ0) is 22.4. The first kappa shape index (κ1) is 22.3. The van der Waals surface area contributed by atoms with Crippen molar-refractivity contribution < 1.29 is 5.11 Å². The zero-order valence-electron chi connectivity index (χ0n) is 19.4. The summed E-state index contributed by atoms with van der Waals surface area (Å²) in [5, 5.41) is 11.6. The molecule has 166 valence electrons. The molecule has 4 rings (SSSR count). The summed E-state index contributed by atoms with van der Waals surface area (Å²) < 4.78 is 0. The Morgan fingerprint density at radius 2 is 1.31 bits per heavy atom. The van der Waals surface area contributed by atoms with Gasteiger partial charge in [0.1, 0.15) is 5.75 Å². The maximum atomic E-state index is 11.6. The minimum atomic E-state index is -0.469. The van der Waals surface area contributed by atoms with Gasteiger partial charge in [0.05, 0.1) is 0 Å². The molecule has 0 amide bonds. The fourth-order valence-electron chi connectivity index (χ4n) is 5.06. The number of nitrogens with zero attached hydrogens (tertiary/aromatic N) is 1. The van der Waals surface area contributed by atoms with Gasteiger partial charge in [-0.05, 0) is 43.4 Å². The van der Waals surface area contributed by atoms with Crippen molar-refractivity contribution in [1.82, 2.24) is 0 Å². The lowest BCUT2D eigenvalue weighted by Gasteiger charge is -2.33. The molecular weight excluding hydrogens is 390 g/mol. The molecule has 0 saturated heterocycles. The van der Waals surface area contributed by atoms with Crippen molar-refractivity contribution in [2.45, 2.75) is 70.3 Å². The average Bonchev–Trinajstić information content (AvgIpc) is 2.80. The topological polar surface area (TPSA) is 32.6 Å². The second kappa shape index (κ2) is 10.2. The number of rotatable bonds is 5. The highest BCUT2D eigenvalue weighted by Crippen LogP contribution is 2.44. The normalized spacial score (nSPS) is 16.1. The Balaban J connectivity index is 1.78. The standard InChI is InChI=1S/C30H35NO/c1-23-20-21-28(29(32)27(23)22-31-26-18-12-4-3-5-13-19-26)30(2,24-14-8-6-9-15-24)25-16-10-7-11-17-25/h6-11,14-17,20-22,26,32H,3-5,12-13,18-19H2,1-2H3. The maximum absolute atomic E-state index is 11.6. The third-order valence-electron chi connectivity index (χ3n) is 7.17. The van der Waals surface area contributed by atoms with Crippen molar-refractivity contribution in [2.24, 2.45) is 4.99 Å². The molecule has 1 aliphatic rings. The second-order valence-electron chi connectivity index (χ2n) is 9.33. The molecule has 0 heterocycles. The van der Waals surface area contributed by atoms with Gasteiger partial charge in [-0.1, -0.05) is 105 Å². The van der Waals surface area contributed by atoms with E-state index in [1.54, 1.807) is 0 Å². The fraction of sp³-hybridized carbons (Fsp3) is 0.367. The first-order valence-electron chi connectivity index (χ1n) is 12.1. The predicted octanol–water partition coefficient (Wildman–Crippen LogP) is 7.59. The largest absolute Gasteiger partial charge is 0.507 e. The van der Waals surface area contributed by atoms with Crippen LogP contribution in [0.5, 0.6) is 5.75 Å². The lowest BCUT2D eigenvalue weighted by Crippen LogP contribution is -2.26. The first-order valence-corrected chi connectivity index (χ1v) is 12.1. The van der Waals surface area contributed by atoms with Crippen LogP contribution in [0.15, 0.2) is 77.8 Å². The molecule has 1 N–H and O–H groups in total. The highest BCUT2D eigenvalue weighted by Gasteiger charge is 2.34. The molecule has 2 nitrogen and oxygen atoms in total. The average molecular weight is 426 g/mol. The van der Waals surface area contributed by atoms with Gasteiger partial charge in [0.25, 0.3) is 0 Å². The summed E-state index contributed by atoms with van der Waals surface area (Å²) in [6.45, 7) is 4.27. The molecule has 3 aromatic rings. The zero-order valence-corrected chi connectivity index (χ0v) is 19.4. The van der Waals surface area contributed by atoms with Crippen molar-refractivity contribution in [3.8, 4) is 5.75 Å². The van der Waals surface area contributed by atoms with Crippen molar-refractivity contribution in [1.29, 1.82) is 0 Å². The first-order chi connectivity index (χ1) is 15.6. The summed E-state index contributed by atoms with van der Waals surface area (Å²) in [7, 11) is 0. The fourth-order valence-corrected chi connectivity index (χ4v) is 5.06. The Kier molecular flexibility index (Phi) is 7.09. The molecule has 32 heavy (non-hydrogen) atoms. The quantitative estimate of drug-likeness (QED) is 0.331. The van der Waals surface area contributed by atoms with Gasteiger partial charge < -0.3 is 5.11 Å². The monoisotopic (exact) mass is 425 g/mol. The number of aryl methyl sites for hydroxylation is 1. The Morgan fingerprint density at radius 3 is 1.88 bits per heavy atom. The van der Waals surface area contributed by atoms with E-state index in [-0.39, 0.29) is 0 Å². The summed E-state index contributed by atoms with van der Waals surface area (Å²) in [5.41, 5.74) is 4.68. The Labute approximate surface area is 193 Å². The van der Waals surface area contributed by atoms with Gasteiger partial charge in [0.15, 0.2) is 0 Å². The summed E-state index contributed by atoms with van der Waals surface area (Å²) in [4.78, 5) is 4.96. The van der Waals surface area contributed by atoms with E-state index in [0.29, 0.717) is 11.8 Å². The number of phenols is 1. The Bertz CT molecular complexity index is 992. The van der Waals surface area contributed by atoms with Gasteiger partial charge in [0, 0.05) is 28.8 Å².